The maximum Gasteiger partial charge on any atom is 0.214 e. The van der Waals surface area contributed by atoms with Crippen molar-refractivity contribution < 1.29 is 4.42 Å². The summed E-state index contributed by atoms with van der Waals surface area (Å²) in [6.45, 7) is 5.09. The minimum Gasteiger partial charge on any atom is -0.444 e. The minimum absolute atomic E-state index is 0.233. The van der Waals surface area contributed by atoms with Gasteiger partial charge < -0.3 is 15.1 Å². The molecule has 0 aliphatic heterocycles. The van der Waals surface area contributed by atoms with Crippen molar-refractivity contribution in [2.24, 2.45) is 4.99 Å². The molecular formula is C22H26N4O. The first-order valence-corrected chi connectivity index (χ1v) is 9.14. The van der Waals surface area contributed by atoms with Crippen molar-refractivity contribution in [3.8, 4) is 0 Å². The number of benzene rings is 2. The number of oxazole rings is 1. The molecule has 0 radical (unpaired) electrons. The number of hydrogen-bond acceptors (Lipinski definition) is 3. The summed E-state index contributed by atoms with van der Waals surface area (Å²) < 4.78 is 5.62. The van der Waals surface area contributed by atoms with Gasteiger partial charge in [-0.15, -0.1) is 0 Å². The monoisotopic (exact) mass is 362 g/mol. The van der Waals surface area contributed by atoms with Gasteiger partial charge in [0.2, 0.25) is 5.89 Å². The Bertz CT molecular complexity index is 813. The van der Waals surface area contributed by atoms with Gasteiger partial charge in [0.15, 0.2) is 5.96 Å². The fourth-order valence-electron chi connectivity index (χ4n) is 2.99. The van der Waals surface area contributed by atoms with Crippen molar-refractivity contribution >= 4 is 5.96 Å². The summed E-state index contributed by atoms with van der Waals surface area (Å²) >= 11 is 0. The van der Waals surface area contributed by atoms with Crippen LogP contribution < -0.4 is 10.6 Å². The molecule has 5 heteroatoms. The summed E-state index contributed by atoms with van der Waals surface area (Å²) in [4.78, 5) is 8.71. The van der Waals surface area contributed by atoms with Crippen molar-refractivity contribution in [3.05, 3.63) is 89.1 Å². The van der Waals surface area contributed by atoms with E-state index in [0.717, 1.165) is 24.0 Å². The number of nitrogens with one attached hydrogen (secondary N) is 2. The molecule has 0 bridgehead atoms. The molecule has 0 atom stereocenters. The molecular weight excluding hydrogens is 336 g/mol. The van der Waals surface area contributed by atoms with Gasteiger partial charge in [-0.05, 0) is 25.0 Å². The van der Waals surface area contributed by atoms with Crippen molar-refractivity contribution in [3.63, 3.8) is 0 Å². The molecule has 0 aliphatic carbocycles. The molecule has 1 aromatic heterocycles. The van der Waals surface area contributed by atoms with Gasteiger partial charge in [0, 0.05) is 19.5 Å². The van der Waals surface area contributed by atoms with Crippen LogP contribution in [0.5, 0.6) is 0 Å². The van der Waals surface area contributed by atoms with E-state index in [-0.39, 0.29) is 5.92 Å². The Labute approximate surface area is 160 Å². The molecule has 0 unspecified atom stereocenters. The van der Waals surface area contributed by atoms with Crippen LogP contribution >= 0.6 is 0 Å². The highest BCUT2D eigenvalue weighted by atomic mass is 16.4. The smallest absolute Gasteiger partial charge is 0.214 e. The van der Waals surface area contributed by atoms with E-state index in [2.05, 4.69) is 69.1 Å². The van der Waals surface area contributed by atoms with Crippen LogP contribution in [0.15, 0.2) is 70.1 Å². The molecule has 0 spiro atoms. The molecule has 0 amide bonds. The zero-order chi connectivity index (χ0) is 19.1. The first-order chi connectivity index (χ1) is 13.2. The van der Waals surface area contributed by atoms with Gasteiger partial charge in [-0.3, -0.25) is 4.99 Å². The van der Waals surface area contributed by atoms with Gasteiger partial charge in [0.1, 0.15) is 5.76 Å². The topological polar surface area (TPSA) is 62.5 Å². The number of rotatable bonds is 6. The second-order valence-electron chi connectivity index (χ2n) is 6.43. The predicted octanol–water partition coefficient (Wildman–Crippen LogP) is 3.79. The van der Waals surface area contributed by atoms with Crippen molar-refractivity contribution in [2.45, 2.75) is 26.3 Å². The highest BCUT2D eigenvalue weighted by Gasteiger charge is 2.14. The van der Waals surface area contributed by atoms with Crippen molar-refractivity contribution in [1.29, 1.82) is 0 Å². The molecule has 140 valence electrons. The summed E-state index contributed by atoms with van der Waals surface area (Å²) in [5.41, 5.74) is 3.46. The van der Waals surface area contributed by atoms with E-state index in [1.165, 1.54) is 11.1 Å². The van der Waals surface area contributed by atoms with Crippen LogP contribution in [0, 0.1) is 13.8 Å². The van der Waals surface area contributed by atoms with E-state index in [1.807, 2.05) is 26.0 Å². The van der Waals surface area contributed by atoms with Gasteiger partial charge in [-0.25, -0.2) is 4.98 Å². The Morgan fingerprint density at radius 3 is 2.04 bits per heavy atom. The quantitative estimate of drug-likeness (QED) is 0.517. The number of nitrogens with zero attached hydrogens (tertiary/aromatic N) is 2. The van der Waals surface area contributed by atoms with Crippen LogP contribution in [0.2, 0.25) is 0 Å². The average Bonchev–Trinajstić information content (AvgIpc) is 3.03. The number of aryl methyl sites for hydroxylation is 2. The molecule has 3 aromatic rings. The predicted molar refractivity (Wildman–Crippen MR) is 109 cm³/mol. The lowest BCUT2D eigenvalue weighted by Crippen LogP contribution is -2.39. The fraction of sp³-hybridized carbons (Fsp3) is 0.273. The van der Waals surface area contributed by atoms with E-state index < -0.39 is 0 Å². The van der Waals surface area contributed by atoms with E-state index in [4.69, 9.17) is 4.42 Å². The van der Waals surface area contributed by atoms with E-state index in [0.29, 0.717) is 12.4 Å². The summed E-state index contributed by atoms with van der Waals surface area (Å²) in [5, 5.41) is 6.69. The standard InChI is InChI=1S/C22H26N4O/c1-16-17(2)27-21(26-16)15-25-22(23-3)24-14-20(18-10-6-4-7-11-18)19-12-8-5-9-13-19/h4-13,20H,14-15H2,1-3H3,(H2,23,24,25). The minimum atomic E-state index is 0.233. The van der Waals surface area contributed by atoms with Crippen LogP contribution in [-0.4, -0.2) is 24.5 Å². The number of hydrogen-bond donors (Lipinski definition) is 2. The highest BCUT2D eigenvalue weighted by Crippen LogP contribution is 2.23. The van der Waals surface area contributed by atoms with Crippen LogP contribution in [0.1, 0.15) is 34.4 Å². The molecule has 3 rings (SSSR count). The summed E-state index contributed by atoms with van der Waals surface area (Å²) in [6.07, 6.45) is 0. The normalized spacial score (nSPS) is 11.6. The maximum absolute atomic E-state index is 5.62. The maximum atomic E-state index is 5.62. The molecule has 2 N–H and O–H groups in total. The van der Waals surface area contributed by atoms with Gasteiger partial charge >= 0.3 is 0 Å². The Morgan fingerprint density at radius 2 is 1.56 bits per heavy atom. The number of guanidine groups is 1. The Kier molecular flexibility index (Phi) is 6.26. The number of aliphatic imine (C=N–C) groups is 1. The van der Waals surface area contributed by atoms with Crippen molar-refractivity contribution in [1.82, 2.24) is 15.6 Å². The first kappa shape index (κ1) is 18.7. The van der Waals surface area contributed by atoms with Gasteiger partial charge in [0.25, 0.3) is 0 Å². The third-order valence-electron chi connectivity index (χ3n) is 4.58. The fourth-order valence-corrected chi connectivity index (χ4v) is 2.99. The van der Waals surface area contributed by atoms with Crippen LogP contribution in [0.4, 0.5) is 0 Å². The van der Waals surface area contributed by atoms with E-state index >= 15 is 0 Å². The van der Waals surface area contributed by atoms with E-state index in [9.17, 15) is 0 Å². The second kappa shape index (κ2) is 9.03. The molecule has 0 saturated heterocycles. The third-order valence-corrected chi connectivity index (χ3v) is 4.58. The van der Waals surface area contributed by atoms with Crippen LogP contribution in [0.25, 0.3) is 0 Å². The highest BCUT2D eigenvalue weighted by molar-refractivity contribution is 5.79. The third kappa shape index (κ3) is 4.97. The zero-order valence-electron chi connectivity index (χ0n) is 16.1. The lowest BCUT2D eigenvalue weighted by atomic mass is 9.91. The largest absolute Gasteiger partial charge is 0.444 e. The summed E-state index contributed by atoms with van der Waals surface area (Å²) in [6, 6.07) is 21.0. The summed E-state index contributed by atoms with van der Waals surface area (Å²) in [7, 11) is 1.77. The van der Waals surface area contributed by atoms with Crippen molar-refractivity contribution in [2.75, 3.05) is 13.6 Å². The van der Waals surface area contributed by atoms with Gasteiger partial charge in [-0.2, -0.15) is 0 Å². The van der Waals surface area contributed by atoms with E-state index in [1.54, 1.807) is 7.05 Å². The molecule has 2 aromatic carbocycles. The molecule has 27 heavy (non-hydrogen) atoms. The Balaban J connectivity index is 1.66. The zero-order valence-corrected chi connectivity index (χ0v) is 16.1. The second-order valence-corrected chi connectivity index (χ2v) is 6.43. The van der Waals surface area contributed by atoms with Crippen LogP contribution in [-0.2, 0) is 6.54 Å². The molecule has 5 nitrogen and oxygen atoms in total. The average molecular weight is 362 g/mol. The Morgan fingerprint density at radius 1 is 0.963 bits per heavy atom. The van der Waals surface area contributed by atoms with Gasteiger partial charge in [-0.1, -0.05) is 60.7 Å². The lowest BCUT2D eigenvalue weighted by molar-refractivity contribution is 0.463. The SMILES string of the molecule is CN=C(NCc1nc(C)c(C)o1)NCC(c1ccccc1)c1ccccc1. The van der Waals surface area contributed by atoms with Gasteiger partial charge in [0.05, 0.1) is 12.2 Å². The lowest BCUT2D eigenvalue weighted by Gasteiger charge is -2.20. The molecule has 0 fully saturated rings. The first-order valence-electron chi connectivity index (χ1n) is 9.14. The van der Waals surface area contributed by atoms with Crippen LogP contribution in [0.3, 0.4) is 0 Å². The Hall–Kier alpha value is -3.08. The molecule has 0 aliphatic rings. The molecule has 1 heterocycles. The number of aromatic nitrogens is 1. The summed E-state index contributed by atoms with van der Waals surface area (Å²) in [5.74, 6) is 2.47. The molecule has 0 saturated carbocycles.